The van der Waals surface area contributed by atoms with Crippen LogP contribution in [0.25, 0.3) is 5.82 Å². The first-order chi connectivity index (χ1) is 10.7. The van der Waals surface area contributed by atoms with Crippen molar-refractivity contribution in [1.82, 2.24) is 20.1 Å². The van der Waals surface area contributed by atoms with Gasteiger partial charge in [-0.1, -0.05) is 0 Å². The molecule has 1 atom stereocenters. The van der Waals surface area contributed by atoms with Crippen LogP contribution in [0.3, 0.4) is 0 Å². The molecule has 0 aliphatic rings. The fourth-order valence-electron chi connectivity index (χ4n) is 1.97. The number of nitrogens with one attached hydrogen (secondary N) is 2. The van der Waals surface area contributed by atoms with E-state index in [4.69, 9.17) is 4.42 Å². The molecule has 0 bridgehead atoms. The predicted molar refractivity (Wildman–Crippen MR) is 80.6 cm³/mol. The van der Waals surface area contributed by atoms with Gasteiger partial charge in [-0.3, -0.25) is 0 Å². The average Bonchev–Trinajstić information content (AvgIpc) is 3.21. The van der Waals surface area contributed by atoms with Crippen LogP contribution in [-0.4, -0.2) is 20.8 Å². The van der Waals surface area contributed by atoms with Crippen molar-refractivity contribution < 1.29 is 9.21 Å². The Morgan fingerprint density at radius 1 is 1.32 bits per heavy atom. The van der Waals surface area contributed by atoms with E-state index >= 15 is 0 Å². The second-order valence-electron chi connectivity index (χ2n) is 4.69. The zero-order valence-electron chi connectivity index (χ0n) is 11.9. The number of nitrogens with zero attached hydrogens (tertiary/aromatic N) is 3. The molecule has 0 saturated heterocycles. The molecule has 7 nitrogen and oxygen atoms in total. The van der Waals surface area contributed by atoms with Crippen LogP contribution >= 0.6 is 0 Å². The standard InChI is InChI=1S/C15H15N5O2/c1-11(13-4-2-9-22-13)18-15(21)19-12-5-6-14(16-10-12)20-8-3-7-17-20/h2-11H,1H3,(H2,18,19,21)/t11-/m0/s1. The molecule has 0 radical (unpaired) electrons. The van der Waals surface area contributed by atoms with Crippen molar-refractivity contribution in [3.8, 4) is 5.82 Å². The molecule has 3 heterocycles. The highest BCUT2D eigenvalue weighted by atomic mass is 16.3. The van der Waals surface area contributed by atoms with E-state index in [0.717, 1.165) is 0 Å². The summed E-state index contributed by atoms with van der Waals surface area (Å²) in [5.74, 6) is 1.38. The van der Waals surface area contributed by atoms with Gasteiger partial charge in [-0.05, 0) is 37.3 Å². The number of amides is 2. The van der Waals surface area contributed by atoms with E-state index in [9.17, 15) is 4.79 Å². The molecule has 0 aromatic carbocycles. The number of hydrogen-bond donors (Lipinski definition) is 2. The maximum atomic E-state index is 11.9. The van der Waals surface area contributed by atoms with Gasteiger partial charge in [-0.25, -0.2) is 14.5 Å². The number of carbonyl (C=O) groups is 1. The van der Waals surface area contributed by atoms with Crippen molar-refractivity contribution >= 4 is 11.7 Å². The number of furan rings is 1. The van der Waals surface area contributed by atoms with Gasteiger partial charge in [0.2, 0.25) is 0 Å². The van der Waals surface area contributed by atoms with Gasteiger partial charge in [0.15, 0.2) is 5.82 Å². The Kier molecular flexibility index (Phi) is 3.86. The molecule has 3 aromatic heterocycles. The van der Waals surface area contributed by atoms with E-state index in [1.807, 2.05) is 19.1 Å². The zero-order chi connectivity index (χ0) is 15.4. The molecule has 0 saturated carbocycles. The second kappa shape index (κ2) is 6.13. The molecule has 0 unspecified atom stereocenters. The molecule has 7 heteroatoms. The smallest absolute Gasteiger partial charge is 0.319 e. The van der Waals surface area contributed by atoms with E-state index < -0.39 is 0 Å². The SMILES string of the molecule is C[C@H](NC(=O)Nc1ccc(-n2cccn2)nc1)c1ccco1. The van der Waals surface area contributed by atoms with E-state index in [-0.39, 0.29) is 12.1 Å². The van der Waals surface area contributed by atoms with Gasteiger partial charge < -0.3 is 15.1 Å². The van der Waals surface area contributed by atoms with Gasteiger partial charge in [0.05, 0.1) is 24.2 Å². The van der Waals surface area contributed by atoms with Gasteiger partial charge in [0.25, 0.3) is 0 Å². The molecule has 0 aliphatic heterocycles. The molecule has 112 valence electrons. The number of carbonyl (C=O) groups excluding carboxylic acids is 1. The zero-order valence-corrected chi connectivity index (χ0v) is 11.9. The minimum atomic E-state index is -0.322. The number of hydrogen-bond acceptors (Lipinski definition) is 4. The number of anilines is 1. The monoisotopic (exact) mass is 297 g/mol. The molecule has 22 heavy (non-hydrogen) atoms. The highest BCUT2D eigenvalue weighted by Gasteiger charge is 2.11. The number of rotatable bonds is 4. The lowest BCUT2D eigenvalue weighted by Gasteiger charge is -2.12. The summed E-state index contributed by atoms with van der Waals surface area (Å²) < 4.78 is 6.88. The van der Waals surface area contributed by atoms with Crippen LogP contribution < -0.4 is 10.6 Å². The summed E-state index contributed by atoms with van der Waals surface area (Å²) in [6, 6.07) is 8.41. The normalized spacial score (nSPS) is 11.9. The van der Waals surface area contributed by atoms with Crippen LogP contribution in [0.15, 0.2) is 59.6 Å². The molecule has 0 fully saturated rings. The highest BCUT2D eigenvalue weighted by molar-refractivity contribution is 5.89. The first-order valence-electron chi connectivity index (χ1n) is 6.79. The Hall–Kier alpha value is -3.09. The number of aromatic nitrogens is 3. The van der Waals surface area contributed by atoms with Crippen LogP contribution in [-0.2, 0) is 0 Å². The van der Waals surface area contributed by atoms with Crippen molar-refractivity contribution in [1.29, 1.82) is 0 Å². The summed E-state index contributed by atoms with van der Waals surface area (Å²) >= 11 is 0. The Morgan fingerprint density at radius 3 is 2.86 bits per heavy atom. The van der Waals surface area contributed by atoms with Crippen molar-refractivity contribution in [2.45, 2.75) is 13.0 Å². The Morgan fingerprint density at radius 2 is 2.23 bits per heavy atom. The summed E-state index contributed by atoms with van der Waals surface area (Å²) in [5.41, 5.74) is 0.597. The average molecular weight is 297 g/mol. The van der Waals surface area contributed by atoms with Gasteiger partial charge in [0.1, 0.15) is 5.76 Å². The maximum Gasteiger partial charge on any atom is 0.319 e. The van der Waals surface area contributed by atoms with Crippen molar-refractivity contribution in [2.75, 3.05) is 5.32 Å². The minimum Gasteiger partial charge on any atom is -0.467 e. The van der Waals surface area contributed by atoms with E-state index in [1.54, 1.807) is 47.7 Å². The molecular formula is C15H15N5O2. The van der Waals surface area contributed by atoms with E-state index in [1.165, 1.54) is 0 Å². The Bertz CT molecular complexity index is 720. The molecule has 2 N–H and O–H groups in total. The lowest BCUT2D eigenvalue weighted by Crippen LogP contribution is -2.31. The van der Waals surface area contributed by atoms with Crippen LogP contribution in [0.1, 0.15) is 18.7 Å². The highest BCUT2D eigenvalue weighted by Crippen LogP contribution is 2.13. The molecule has 0 aliphatic carbocycles. The third kappa shape index (κ3) is 3.14. The third-order valence-electron chi connectivity index (χ3n) is 3.06. The Labute approximate surface area is 127 Å². The molecule has 3 rings (SSSR count). The minimum absolute atomic E-state index is 0.216. The summed E-state index contributed by atoms with van der Waals surface area (Å²) in [4.78, 5) is 16.2. The summed E-state index contributed by atoms with van der Waals surface area (Å²) in [5, 5.41) is 9.60. The fourth-order valence-corrected chi connectivity index (χ4v) is 1.97. The first-order valence-corrected chi connectivity index (χ1v) is 6.79. The molecule has 0 spiro atoms. The Balaban J connectivity index is 1.60. The van der Waals surface area contributed by atoms with Crippen LogP contribution in [0, 0.1) is 0 Å². The topological polar surface area (TPSA) is 85.0 Å². The van der Waals surface area contributed by atoms with Crippen LogP contribution in [0.5, 0.6) is 0 Å². The largest absolute Gasteiger partial charge is 0.467 e. The lowest BCUT2D eigenvalue weighted by molar-refractivity contribution is 0.247. The van der Waals surface area contributed by atoms with Gasteiger partial charge in [0, 0.05) is 12.4 Å². The lowest BCUT2D eigenvalue weighted by atomic mass is 10.2. The van der Waals surface area contributed by atoms with Crippen LogP contribution in [0.2, 0.25) is 0 Å². The third-order valence-corrected chi connectivity index (χ3v) is 3.06. The molecule has 3 aromatic rings. The van der Waals surface area contributed by atoms with Gasteiger partial charge >= 0.3 is 6.03 Å². The molecule has 2 amide bonds. The van der Waals surface area contributed by atoms with Crippen molar-refractivity contribution in [2.24, 2.45) is 0 Å². The predicted octanol–water partition coefficient (Wildman–Crippen LogP) is 2.74. The summed E-state index contributed by atoms with van der Waals surface area (Å²) in [7, 11) is 0. The van der Waals surface area contributed by atoms with Gasteiger partial charge in [-0.15, -0.1) is 0 Å². The first kappa shape index (κ1) is 13.9. The van der Waals surface area contributed by atoms with Crippen molar-refractivity contribution in [3.05, 3.63) is 60.9 Å². The summed E-state index contributed by atoms with van der Waals surface area (Å²) in [6.45, 7) is 1.84. The quantitative estimate of drug-likeness (QED) is 0.775. The van der Waals surface area contributed by atoms with Crippen LogP contribution in [0.4, 0.5) is 10.5 Å². The van der Waals surface area contributed by atoms with Crippen molar-refractivity contribution in [3.63, 3.8) is 0 Å². The second-order valence-corrected chi connectivity index (χ2v) is 4.69. The van der Waals surface area contributed by atoms with Gasteiger partial charge in [-0.2, -0.15) is 5.10 Å². The molecular weight excluding hydrogens is 282 g/mol. The fraction of sp³-hybridized carbons (Fsp3) is 0.133. The maximum absolute atomic E-state index is 11.9. The number of urea groups is 1. The van der Waals surface area contributed by atoms with E-state index in [2.05, 4.69) is 20.7 Å². The summed E-state index contributed by atoms with van der Waals surface area (Å²) in [6.07, 6.45) is 6.63. The van der Waals surface area contributed by atoms with E-state index in [0.29, 0.717) is 17.3 Å². The number of pyridine rings is 1.